The minimum atomic E-state index is -0.728. The van der Waals surface area contributed by atoms with Crippen LogP contribution in [0.2, 0.25) is 0 Å². The maximum absolute atomic E-state index is 12.7. The molecule has 2 rings (SSSR count). The zero-order chi connectivity index (χ0) is 15.3. The summed E-state index contributed by atoms with van der Waals surface area (Å²) in [5.74, 6) is 0.607. The van der Waals surface area contributed by atoms with Gasteiger partial charge in [-0.3, -0.25) is 5.32 Å². The third-order valence-electron chi connectivity index (χ3n) is 4.08. The average Bonchev–Trinajstić information content (AvgIpc) is 2.52. The number of hydrogen-bond donors (Lipinski definition) is 1. The van der Waals surface area contributed by atoms with Gasteiger partial charge in [-0.2, -0.15) is 0 Å². The van der Waals surface area contributed by atoms with E-state index >= 15 is 0 Å². The second-order valence-electron chi connectivity index (χ2n) is 5.43. The molecule has 0 heterocycles. The Balaban J connectivity index is 2.48. The molecule has 1 aliphatic rings. The van der Waals surface area contributed by atoms with Crippen LogP contribution >= 0.6 is 0 Å². The lowest BCUT2D eigenvalue weighted by molar-refractivity contribution is -0.152. The van der Waals surface area contributed by atoms with E-state index in [0.717, 1.165) is 43.5 Å². The van der Waals surface area contributed by atoms with Gasteiger partial charge in [-0.15, -0.1) is 0 Å². The van der Waals surface area contributed by atoms with Crippen molar-refractivity contribution >= 4 is 5.97 Å². The van der Waals surface area contributed by atoms with Crippen molar-refractivity contribution in [1.82, 2.24) is 5.32 Å². The second-order valence-corrected chi connectivity index (χ2v) is 5.43. The summed E-state index contributed by atoms with van der Waals surface area (Å²) < 4.78 is 10.7. The molecule has 1 aliphatic carbocycles. The summed E-state index contributed by atoms with van der Waals surface area (Å²) in [4.78, 5) is 12.7. The number of carbonyl (C=O) groups is 1. The highest BCUT2D eigenvalue weighted by Crippen LogP contribution is 2.38. The van der Waals surface area contributed by atoms with E-state index in [1.165, 1.54) is 5.56 Å². The van der Waals surface area contributed by atoms with Crippen molar-refractivity contribution in [3.63, 3.8) is 0 Å². The predicted octanol–water partition coefficient (Wildman–Crippen LogP) is 2.79. The number of carbonyl (C=O) groups excluding carboxylic acids is 1. The molecule has 1 unspecified atom stereocenters. The minimum absolute atomic E-state index is 0.173. The molecule has 0 fully saturated rings. The van der Waals surface area contributed by atoms with Crippen LogP contribution in [0.4, 0.5) is 0 Å². The zero-order valence-corrected chi connectivity index (χ0v) is 13.2. The summed E-state index contributed by atoms with van der Waals surface area (Å²) >= 11 is 0. The van der Waals surface area contributed by atoms with Gasteiger partial charge in [0.1, 0.15) is 11.3 Å². The van der Waals surface area contributed by atoms with Crippen molar-refractivity contribution in [3.8, 4) is 5.75 Å². The lowest BCUT2D eigenvalue weighted by Gasteiger charge is -2.38. The first-order valence-corrected chi connectivity index (χ1v) is 7.77. The van der Waals surface area contributed by atoms with Crippen molar-refractivity contribution in [2.75, 3.05) is 20.3 Å². The Kier molecular flexibility index (Phi) is 5.23. The highest BCUT2D eigenvalue weighted by Gasteiger charge is 2.44. The van der Waals surface area contributed by atoms with Gasteiger partial charge in [-0.1, -0.05) is 13.0 Å². The number of methoxy groups -OCH3 is 1. The molecule has 0 amide bonds. The van der Waals surface area contributed by atoms with Crippen LogP contribution < -0.4 is 10.1 Å². The van der Waals surface area contributed by atoms with Gasteiger partial charge < -0.3 is 9.47 Å². The van der Waals surface area contributed by atoms with Crippen molar-refractivity contribution in [2.45, 2.75) is 45.1 Å². The number of rotatable bonds is 6. The molecular formula is C17H25NO3. The molecule has 0 saturated carbocycles. The van der Waals surface area contributed by atoms with E-state index in [-0.39, 0.29) is 5.97 Å². The molecule has 0 radical (unpaired) electrons. The van der Waals surface area contributed by atoms with Crippen molar-refractivity contribution in [1.29, 1.82) is 0 Å². The van der Waals surface area contributed by atoms with Crippen LogP contribution in [0.1, 0.15) is 44.2 Å². The SMILES string of the molecule is CCCNC1(C(=O)OCC)CCCc2ccc(OC)cc21. The standard InChI is InChI=1S/C17H25NO3/c1-4-11-18-17(16(19)21-5-2)10-6-7-13-8-9-14(20-3)12-15(13)17/h8-9,12,18H,4-7,10-11H2,1-3H3. The van der Waals surface area contributed by atoms with E-state index in [0.29, 0.717) is 6.61 Å². The van der Waals surface area contributed by atoms with E-state index < -0.39 is 5.54 Å². The third-order valence-corrected chi connectivity index (χ3v) is 4.08. The number of esters is 1. The number of fused-ring (bicyclic) bond motifs is 1. The highest BCUT2D eigenvalue weighted by molar-refractivity contribution is 5.84. The van der Waals surface area contributed by atoms with Gasteiger partial charge >= 0.3 is 5.97 Å². The summed E-state index contributed by atoms with van der Waals surface area (Å²) in [7, 11) is 1.65. The Morgan fingerprint density at radius 3 is 2.86 bits per heavy atom. The van der Waals surface area contributed by atoms with Crippen LogP contribution in [0.3, 0.4) is 0 Å². The molecule has 0 aliphatic heterocycles. The fourth-order valence-electron chi connectivity index (χ4n) is 3.04. The van der Waals surface area contributed by atoms with Gasteiger partial charge in [0.15, 0.2) is 0 Å². The Bertz CT molecular complexity index is 501. The summed E-state index contributed by atoms with van der Waals surface area (Å²) in [6.07, 6.45) is 3.72. The molecule has 0 aromatic heterocycles. The molecule has 4 nitrogen and oxygen atoms in total. The molecular weight excluding hydrogens is 266 g/mol. The number of ether oxygens (including phenoxy) is 2. The fraction of sp³-hybridized carbons (Fsp3) is 0.588. The normalized spacial score (nSPS) is 20.7. The van der Waals surface area contributed by atoms with E-state index in [4.69, 9.17) is 9.47 Å². The lowest BCUT2D eigenvalue weighted by atomic mass is 9.76. The monoisotopic (exact) mass is 291 g/mol. The smallest absolute Gasteiger partial charge is 0.331 e. The van der Waals surface area contributed by atoms with Crippen molar-refractivity contribution in [3.05, 3.63) is 29.3 Å². The Morgan fingerprint density at radius 1 is 1.38 bits per heavy atom. The van der Waals surface area contributed by atoms with Crippen LogP contribution in [-0.2, 0) is 21.5 Å². The minimum Gasteiger partial charge on any atom is -0.497 e. The Labute approximate surface area is 126 Å². The molecule has 1 aromatic carbocycles. The van der Waals surface area contributed by atoms with Gasteiger partial charge in [0.25, 0.3) is 0 Å². The Hall–Kier alpha value is -1.55. The maximum Gasteiger partial charge on any atom is 0.331 e. The number of hydrogen-bond acceptors (Lipinski definition) is 4. The molecule has 1 atom stereocenters. The number of benzene rings is 1. The van der Waals surface area contributed by atoms with E-state index in [2.05, 4.69) is 18.3 Å². The second kappa shape index (κ2) is 6.94. The van der Waals surface area contributed by atoms with Crippen LogP contribution in [0.25, 0.3) is 0 Å². The number of aryl methyl sites for hydroxylation is 1. The fourth-order valence-corrected chi connectivity index (χ4v) is 3.04. The summed E-state index contributed by atoms with van der Waals surface area (Å²) in [6.45, 7) is 5.13. The largest absolute Gasteiger partial charge is 0.497 e. The first-order chi connectivity index (χ1) is 10.2. The van der Waals surface area contributed by atoms with Crippen molar-refractivity contribution in [2.24, 2.45) is 0 Å². The van der Waals surface area contributed by atoms with Crippen LogP contribution in [0.15, 0.2) is 18.2 Å². The van der Waals surface area contributed by atoms with Crippen LogP contribution in [0.5, 0.6) is 5.75 Å². The zero-order valence-electron chi connectivity index (χ0n) is 13.2. The summed E-state index contributed by atoms with van der Waals surface area (Å²) in [5, 5.41) is 3.45. The molecule has 1 N–H and O–H groups in total. The van der Waals surface area contributed by atoms with Gasteiger partial charge in [-0.05, 0) is 62.4 Å². The van der Waals surface area contributed by atoms with Crippen molar-refractivity contribution < 1.29 is 14.3 Å². The molecule has 116 valence electrons. The molecule has 0 spiro atoms. The maximum atomic E-state index is 12.7. The van der Waals surface area contributed by atoms with Gasteiger partial charge in [0.2, 0.25) is 0 Å². The first-order valence-electron chi connectivity index (χ1n) is 7.77. The highest BCUT2D eigenvalue weighted by atomic mass is 16.5. The molecule has 0 bridgehead atoms. The molecule has 1 aromatic rings. The topological polar surface area (TPSA) is 47.6 Å². The van der Waals surface area contributed by atoms with Gasteiger partial charge in [0.05, 0.1) is 13.7 Å². The quantitative estimate of drug-likeness (QED) is 0.819. The molecule has 21 heavy (non-hydrogen) atoms. The summed E-state index contributed by atoms with van der Waals surface area (Å²) in [6, 6.07) is 6.00. The van der Waals surface area contributed by atoms with Crippen LogP contribution in [0, 0.1) is 0 Å². The van der Waals surface area contributed by atoms with Gasteiger partial charge in [0, 0.05) is 0 Å². The molecule has 0 saturated heterocycles. The average molecular weight is 291 g/mol. The summed E-state index contributed by atoms with van der Waals surface area (Å²) in [5.41, 5.74) is 1.49. The Morgan fingerprint density at radius 2 is 2.19 bits per heavy atom. The first kappa shape index (κ1) is 15.8. The van der Waals surface area contributed by atoms with Crippen LogP contribution in [-0.4, -0.2) is 26.2 Å². The predicted molar refractivity (Wildman–Crippen MR) is 82.5 cm³/mol. The third kappa shape index (κ3) is 3.05. The van der Waals surface area contributed by atoms with E-state index in [1.807, 2.05) is 19.1 Å². The molecule has 4 heteroatoms. The lowest BCUT2D eigenvalue weighted by Crippen LogP contribution is -2.52. The van der Waals surface area contributed by atoms with E-state index in [1.54, 1.807) is 7.11 Å². The van der Waals surface area contributed by atoms with E-state index in [9.17, 15) is 4.79 Å². The number of nitrogens with one attached hydrogen (secondary N) is 1. The van der Waals surface area contributed by atoms with Gasteiger partial charge in [-0.25, -0.2) is 4.79 Å².